The molecule has 31 heavy (non-hydrogen) atoms. The predicted octanol–water partition coefficient (Wildman–Crippen LogP) is 4.30. The summed E-state index contributed by atoms with van der Waals surface area (Å²) < 4.78 is 30.6. The Balaban J connectivity index is 1.83. The number of fused-ring (bicyclic) bond motifs is 2. The molecule has 3 aromatic rings. The van der Waals surface area contributed by atoms with Gasteiger partial charge in [0, 0.05) is 13.2 Å². The van der Waals surface area contributed by atoms with Crippen LogP contribution in [0.5, 0.6) is 5.75 Å². The molecule has 1 aliphatic rings. The highest BCUT2D eigenvalue weighted by Crippen LogP contribution is 2.39. The van der Waals surface area contributed by atoms with Gasteiger partial charge in [0.25, 0.3) is 5.91 Å². The highest BCUT2D eigenvalue weighted by molar-refractivity contribution is 5.99. The molecule has 1 amide bonds. The lowest BCUT2D eigenvalue weighted by atomic mass is 9.98. The van der Waals surface area contributed by atoms with Gasteiger partial charge in [0.15, 0.2) is 5.43 Å². The van der Waals surface area contributed by atoms with Crippen LogP contribution >= 0.6 is 0 Å². The van der Waals surface area contributed by atoms with Gasteiger partial charge in [0.05, 0.1) is 30.2 Å². The van der Waals surface area contributed by atoms with Gasteiger partial charge in [0.2, 0.25) is 5.76 Å². The third-order valence-electron chi connectivity index (χ3n) is 5.33. The van der Waals surface area contributed by atoms with Gasteiger partial charge < -0.3 is 18.8 Å². The molecule has 2 heterocycles. The van der Waals surface area contributed by atoms with Gasteiger partial charge >= 0.3 is 0 Å². The lowest BCUT2D eigenvalue weighted by Gasteiger charge is -2.25. The Kier molecular flexibility index (Phi) is 5.78. The van der Waals surface area contributed by atoms with E-state index in [9.17, 15) is 14.0 Å². The lowest BCUT2D eigenvalue weighted by molar-refractivity contribution is 0.0593. The van der Waals surface area contributed by atoms with Crippen molar-refractivity contribution in [3.8, 4) is 5.75 Å². The number of amides is 1. The minimum atomic E-state index is -0.652. The normalized spacial score (nSPS) is 15.7. The maximum Gasteiger partial charge on any atom is 0.290 e. The molecule has 0 bridgehead atoms. The monoisotopic (exact) mass is 425 g/mol. The molecule has 2 aromatic carbocycles. The first-order valence-electron chi connectivity index (χ1n) is 10.2. The molecule has 6 nitrogen and oxygen atoms in total. The van der Waals surface area contributed by atoms with Crippen molar-refractivity contribution in [1.29, 1.82) is 0 Å². The fourth-order valence-electron chi connectivity index (χ4n) is 3.94. The van der Waals surface area contributed by atoms with E-state index < -0.39 is 17.3 Å². The van der Waals surface area contributed by atoms with Crippen molar-refractivity contribution >= 4 is 16.9 Å². The maximum absolute atomic E-state index is 13.8. The second kappa shape index (κ2) is 8.51. The molecular weight excluding hydrogens is 401 g/mol. The minimum Gasteiger partial charge on any atom is -0.497 e. The van der Waals surface area contributed by atoms with Crippen LogP contribution in [-0.2, 0) is 4.74 Å². The smallest absolute Gasteiger partial charge is 0.290 e. The number of ether oxygens (including phenoxy) is 2. The van der Waals surface area contributed by atoms with E-state index in [0.29, 0.717) is 25.3 Å². The fraction of sp³-hybridized carbons (Fsp3) is 0.333. The van der Waals surface area contributed by atoms with Gasteiger partial charge in [0.1, 0.15) is 17.1 Å². The van der Waals surface area contributed by atoms with Gasteiger partial charge in [-0.3, -0.25) is 9.59 Å². The average Bonchev–Trinajstić information content (AvgIpc) is 3.04. The predicted molar refractivity (Wildman–Crippen MR) is 114 cm³/mol. The summed E-state index contributed by atoms with van der Waals surface area (Å²) >= 11 is 0. The molecule has 1 aromatic heterocycles. The Hall–Kier alpha value is -3.19. The largest absolute Gasteiger partial charge is 0.497 e. The Labute approximate surface area is 179 Å². The van der Waals surface area contributed by atoms with Crippen molar-refractivity contribution in [2.75, 3.05) is 20.3 Å². The quantitative estimate of drug-likeness (QED) is 0.528. The summed E-state index contributed by atoms with van der Waals surface area (Å²) in [6.07, 6.45) is 0.685. The number of halogens is 1. The third kappa shape index (κ3) is 3.93. The zero-order valence-electron chi connectivity index (χ0n) is 17.7. The molecule has 4 rings (SSSR count). The van der Waals surface area contributed by atoms with E-state index in [2.05, 4.69) is 0 Å². The summed E-state index contributed by atoms with van der Waals surface area (Å²) in [5.41, 5.74) is 0.728. The summed E-state index contributed by atoms with van der Waals surface area (Å²) in [4.78, 5) is 28.2. The van der Waals surface area contributed by atoms with E-state index in [4.69, 9.17) is 13.9 Å². The van der Waals surface area contributed by atoms with Crippen LogP contribution in [0.4, 0.5) is 4.39 Å². The Bertz CT molecular complexity index is 1190. The minimum absolute atomic E-state index is 0.00158. The topological polar surface area (TPSA) is 69.0 Å². The zero-order chi connectivity index (χ0) is 22.1. The molecule has 7 heteroatoms. The number of hydrogen-bond donors (Lipinski definition) is 0. The van der Waals surface area contributed by atoms with E-state index >= 15 is 0 Å². The van der Waals surface area contributed by atoms with E-state index in [1.54, 1.807) is 30.2 Å². The van der Waals surface area contributed by atoms with Crippen molar-refractivity contribution in [1.82, 2.24) is 4.90 Å². The summed E-state index contributed by atoms with van der Waals surface area (Å²) in [7, 11) is 1.55. The Morgan fingerprint density at radius 2 is 1.97 bits per heavy atom. The highest BCUT2D eigenvalue weighted by atomic mass is 19.1. The zero-order valence-corrected chi connectivity index (χ0v) is 17.7. The van der Waals surface area contributed by atoms with Gasteiger partial charge in [-0.1, -0.05) is 12.1 Å². The molecular formula is C24H24FNO5. The van der Waals surface area contributed by atoms with Crippen molar-refractivity contribution < 1.29 is 23.1 Å². The van der Waals surface area contributed by atoms with Gasteiger partial charge in [-0.05, 0) is 56.2 Å². The van der Waals surface area contributed by atoms with Crippen LogP contribution in [0.2, 0.25) is 0 Å². The SMILES string of the molecule is COc1cccc([C@H]2c3c(oc4ccc(F)cc4c3=O)C(=O)N2CCCOC(C)C)c1. The first kappa shape index (κ1) is 21.1. The van der Waals surface area contributed by atoms with Crippen molar-refractivity contribution in [3.05, 3.63) is 75.4 Å². The van der Waals surface area contributed by atoms with Crippen LogP contribution in [-0.4, -0.2) is 37.2 Å². The Morgan fingerprint density at radius 1 is 1.16 bits per heavy atom. The van der Waals surface area contributed by atoms with Crippen LogP contribution in [0, 0.1) is 5.82 Å². The molecule has 0 spiro atoms. The van der Waals surface area contributed by atoms with Crippen LogP contribution in [0.15, 0.2) is 51.7 Å². The number of nitrogens with zero attached hydrogens (tertiary/aromatic N) is 1. The molecule has 0 N–H and O–H groups in total. The first-order valence-corrected chi connectivity index (χ1v) is 10.2. The summed E-state index contributed by atoms with van der Waals surface area (Å²) in [6, 6.07) is 10.3. The van der Waals surface area contributed by atoms with Crippen molar-refractivity contribution in [3.63, 3.8) is 0 Å². The summed E-state index contributed by atoms with van der Waals surface area (Å²) in [5.74, 6) is -0.292. The molecule has 0 saturated carbocycles. The van der Waals surface area contributed by atoms with E-state index in [1.165, 1.54) is 12.1 Å². The third-order valence-corrected chi connectivity index (χ3v) is 5.33. The van der Waals surface area contributed by atoms with Gasteiger partial charge in [-0.25, -0.2) is 4.39 Å². The molecule has 0 fully saturated rings. The summed E-state index contributed by atoms with van der Waals surface area (Å²) in [5, 5.41) is 0.115. The maximum atomic E-state index is 13.8. The van der Waals surface area contributed by atoms with Gasteiger partial charge in [-0.15, -0.1) is 0 Å². The second-order valence-corrected chi connectivity index (χ2v) is 7.77. The van der Waals surface area contributed by atoms with E-state index in [1.807, 2.05) is 19.9 Å². The molecule has 162 valence electrons. The highest BCUT2D eigenvalue weighted by Gasteiger charge is 2.42. The number of rotatable bonds is 7. The molecule has 0 aliphatic carbocycles. The number of carbonyl (C=O) groups excluding carboxylic acids is 1. The van der Waals surface area contributed by atoms with Crippen LogP contribution < -0.4 is 10.2 Å². The molecule has 0 unspecified atom stereocenters. The Morgan fingerprint density at radius 3 is 2.71 bits per heavy atom. The number of methoxy groups -OCH3 is 1. The second-order valence-electron chi connectivity index (χ2n) is 7.77. The fourth-order valence-corrected chi connectivity index (χ4v) is 3.94. The lowest BCUT2D eigenvalue weighted by Crippen LogP contribution is -2.31. The average molecular weight is 425 g/mol. The molecule has 0 saturated heterocycles. The molecule has 1 atom stereocenters. The number of hydrogen-bond acceptors (Lipinski definition) is 5. The van der Waals surface area contributed by atoms with E-state index in [-0.39, 0.29) is 34.3 Å². The number of benzene rings is 2. The molecule has 0 radical (unpaired) electrons. The first-order chi connectivity index (χ1) is 14.9. The van der Waals surface area contributed by atoms with Crippen molar-refractivity contribution in [2.45, 2.75) is 32.4 Å². The summed E-state index contributed by atoms with van der Waals surface area (Å²) in [6.45, 7) is 4.76. The standard InChI is InChI=1S/C24H24FNO5/c1-14(2)30-11-5-10-26-21(15-6-4-7-17(12-15)29-3)20-22(27)18-13-16(25)8-9-19(18)31-23(20)24(26)28/h4,6-9,12-14,21H,5,10-11H2,1-3H3/t21-/m0/s1. The molecule has 1 aliphatic heterocycles. The van der Waals surface area contributed by atoms with Gasteiger partial charge in [-0.2, -0.15) is 0 Å². The van der Waals surface area contributed by atoms with Crippen LogP contribution in [0.3, 0.4) is 0 Å². The van der Waals surface area contributed by atoms with Crippen LogP contribution in [0.1, 0.15) is 48.0 Å². The van der Waals surface area contributed by atoms with Crippen molar-refractivity contribution in [2.24, 2.45) is 0 Å². The van der Waals surface area contributed by atoms with Crippen LogP contribution in [0.25, 0.3) is 11.0 Å². The van der Waals surface area contributed by atoms with E-state index in [0.717, 1.165) is 11.6 Å². The number of carbonyl (C=O) groups is 1.